The van der Waals surface area contributed by atoms with Gasteiger partial charge in [-0.3, -0.25) is 4.79 Å². The molecule has 0 aliphatic heterocycles. The first-order chi connectivity index (χ1) is 13.8. The van der Waals surface area contributed by atoms with Crippen molar-refractivity contribution < 1.29 is 9.90 Å². The Morgan fingerprint density at radius 2 is 1.76 bits per heavy atom. The maximum absolute atomic E-state index is 13.1. The summed E-state index contributed by atoms with van der Waals surface area (Å²) < 4.78 is 1.63. The maximum atomic E-state index is 13.1. The lowest BCUT2D eigenvalue weighted by Crippen LogP contribution is -2.55. The highest BCUT2D eigenvalue weighted by molar-refractivity contribution is 6.34. The van der Waals surface area contributed by atoms with E-state index < -0.39 is 5.97 Å². The number of aromatic nitrogens is 2. The molecule has 6 nitrogen and oxygen atoms in total. The first kappa shape index (κ1) is 18.9. The van der Waals surface area contributed by atoms with Gasteiger partial charge in [-0.2, -0.15) is 5.10 Å². The van der Waals surface area contributed by atoms with Crippen LogP contribution in [-0.2, 0) is 5.54 Å². The van der Waals surface area contributed by atoms with E-state index in [1.54, 1.807) is 16.9 Å². The molecule has 152 valence electrons. The van der Waals surface area contributed by atoms with Gasteiger partial charge in [-0.05, 0) is 74.5 Å². The van der Waals surface area contributed by atoms with Gasteiger partial charge in [0.25, 0.3) is 5.56 Å². The molecule has 2 N–H and O–H groups in total. The van der Waals surface area contributed by atoms with Gasteiger partial charge < -0.3 is 10.4 Å². The maximum Gasteiger partial charge on any atom is 0.337 e. The molecule has 0 saturated heterocycles. The van der Waals surface area contributed by atoms with E-state index in [-0.39, 0.29) is 26.7 Å². The third-order valence-corrected chi connectivity index (χ3v) is 7.54. The third kappa shape index (κ3) is 3.13. The van der Waals surface area contributed by atoms with Gasteiger partial charge in [0.1, 0.15) is 5.02 Å². The van der Waals surface area contributed by atoms with E-state index in [0.717, 1.165) is 19.3 Å². The van der Waals surface area contributed by atoms with Gasteiger partial charge in [-0.15, -0.1) is 0 Å². The van der Waals surface area contributed by atoms with E-state index in [1.165, 1.54) is 31.4 Å². The molecule has 4 fully saturated rings. The molecule has 1 heterocycles. The third-order valence-electron chi connectivity index (χ3n) is 6.85. The lowest BCUT2D eigenvalue weighted by molar-refractivity contribution is -0.0518. The molecule has 4 bridgehead atoms. The Balaban J connectivity index is 1.48. The van der Waals surface area contributed by atoms with Crippen LogP contribution in [0, 0.1) is 17.8 Å². The van der Waals surface area contributed by atoms with Crippen molar-refractivity contribution in [3.8, 4) is 0 Å². The van der Waals surface area contributed by atoms with Crippen LogP contribution in [0.3, 0.4) is 0 Å². The minimum Gasteiger partial charge on any atom is -0.478 e. The zero-order valence-electron chi connectivity index (χ0n) is 15.7. The van der Waals surface area contributed by atoms with E-state index in [2.05, 4.69) is 10.4 Å². The predicted molar refractivity (Wildman–Crippen MR) is 111 cm³/mol. The Hall–Kier alpha value is -2.05. The van der Waals surface area contributed by atoms with Gasteiger partial charge in [-0.1, -0.05) is 23.2 Å². The molecule has 0 amide bonds. The highest BCUT2D eigenvalue weighted by atomic mass is 35.5. The van der Waals surface area contributed by atoms with Crippen LogP contribution in [-0.4, -0.2) is 20.9 Å². The van der Waals surface area contributed by atoms with Crippen molar-refractivity contribution >= 4 is 40.5 Å². The van der Waals surface area contributed by atoms with E-state index in [0.29, 0.717) is 29.1 Å². The second kappa shape index (κ2) is 6.74. The van der Waals surface area contributed by atoms with Crippen molar-refractivity contribution in [2.45, 2.75) is 44.1 Å². The number of halogens is 2. The summed E-state index contributed by atoms with van der Waals surface area (Å²) in [7, 11) is 0. The summed E-state index contributed by atoms with van der Waals surface area (Å²) in [5, 5.41) is 17.0. The molecule has 8 heteroatoms. The monoisotopic (exact) mass is 433 g/mol. The zero-order valence-corrected chi connectivity index (χ0v) is 17.2. The molecule has 0 unspecified atom stereocenters. The Morgan fingerprint density at radius 3 is 2.34 bits per heavy atom. The van der Waals surface area contributed by atoms with E-state index >= 15 is 0 Å². The van der Waals surface area contributed by atoms with Crippen LogP contribution >= 0.6 is 23.2 Å². The number of benzene rings is 1. The average molecular weight is 434 g/mol. The first-order valence-electron chi connectivity index (χ1n) is 9.93. The van der Waals surface area contributed by atoms with Crippen LogP contribution < -0.4 is 10.9 Å². The molecule has 0 radical (unpaired) electrons. The molecular formula is C21H21Cl2N3O3. The molecule has 4 aliphatic carbocycles. The number of aromatic carboxylic acids is 1. The number of hydrogen-bond donors (Lipinski definition) is 2. The second-order valence-electron chi connectivity index (χ2n) is 8.86. The number of nitrogens with one attached hydrogen (secondary N) is 1. The van der Waals surface area contributed by atoms with Crippen molar-refractivity contribution in [3.05, 3.63) is 50.4 Å². The van der Waals surface area contributed by atoms with Crippen LogP contribution in [0.5, 0.6) is 0 Å². The van der Waals surface area contributed by atoms with E-state index in [9.17, 15) is 14.7 Å². The van der Waals surface area contributed by atoms with E-state index in [4.69, 9.17) is 23.2 Å². The second-order valence-corrected chi connectivity index (χ2v) is 9.64. The van der Waals surface area contributed by atoms with Crippen molar-refractivity contribution in [3.63, 3.8) is 0 Å². The Kier molecular flexibility index (Phi) is 4.40. The molecule has 0 spiro atoms. The van der Waals surface area contributed by atoms with Crippen molar-refractivity contribution in [1.29, 1.82) is 0 Å². The summed E-state index contributed by atoms with van der Waals surface area (Å²) >= 11 is 12.4. The number of carbonyl (C=O) groups is 1. The van der Waals surface area contributed by atoms with Crippen molar-refractivity contribution in [2.75, 3.05) is 5.32 Å². The molecule has 1 aromatic carbocycles. The molecular weight excluding hydrogens is 413 g/mol. The topological polar surface area (TPSA) is 84.2 Å². The number of carboxylic acid groups (broad SMARTS) is 1. The average Bonchev–Trinajstić information content (AvgIpc) is 2.65. The number of anilines is 2. The molecule has 4 saturated carbocycles. The van der Waals surface area contributed by atoms with Crippen LogP contribution in [0.1, 0.15) is 48.9 Å². The summed E-state index contributed by atoms with van der Waals surface area (Å²) in [6, 6.07) is 4.53. The fourth-order valence-electron chi connectivity index (χ4n) is 6.10. The number of carboxylic acids is 1. The summed E-state index contributed by atoms with van der Waals surface area (Å²) in [4.78, 5) is 24.4. The van der Waals surface area contributed by atoms with Gasteiger partial charge in [0.2, 0.25) is 0 Å². The van der Waals surface area contributed by atoms with Gasteiger partial charge in [0.05, 0.1) is 28.0 Å². The SMILES string of the molecule is O=C(O)c1cc(Nc2cnn(C34CC5CC(CC(C5)C3)C4)c(=O)c2Cl)ccc1Cl. The Labute approximate surface area is 177 Å². The first-order valence-corrected chi connectivity index (χ1v) is 10.7. The Bertz CT molecular complexity index is 1030. The summed E-state index contributed by atoms with van der Waals surface area (Å²) in [5.74, 6) is 0.945. The van der Waals surface area contributed by atoms with Crippen LogP contribution in [0.2, 0.25) is 10.0 Å². The summed E-state index contributed by atoms with van der Waals surface area (Å²) in [6.45, 7) is 0. The zero-order chi connectivity index (χ0) is 20.3. The predicted octanol–water partition coefficient (Wildman–Crippen LogP) is 4.92. The lowest BCUT2D eigenvalue weighted by atomic mass is 9.53. The number of nitrogens with zero attached hydrogens (tertiary/aromatic N) is 2. The minimum atomic E-state index is -1.12. The number of hydrogen-bond acceptors (Lipinski definition) is 4. The number of rotatable bonds is 4. The molecule has 6 rings (SSSR count). The highest BCUT2D eigenvalue weighted by Gasteiger charge is 2.53. The fraction of sp³-hybridized carbons (Fsp3) is 0.476. The van der Waals surface area contributed by atoms with E-state index in [1.807, 2.05) is 0 Å². The molecule has 2 aromatic rings. The summed E-state index contributed by atoms with van der Waals surface area (Å²) in [6.07, 6.45) is 8.44. The van der Waals surface area contributed by atoms with Gasteiger partial charge in [0, 0.05) is 5.69 Å². The van der Waals surface area contributed by atoms with Gasteiger partial charge >= 0.3 is 5.97 Å². The molecule has 4 aliphatic rings. The fourth-order valence-corrected chi connectivity index (χ4v) is 6.48. The largest absolute Gasteiger partial charge is 0.478 e. The minimum absolute atomic E-state index is 0.0253. The molecule has 1 aromatic heterocycles. The van der Waals surface area contributed by atoms with Gasteiger partial charge in [-0.25, -0.2) is 9.48 Å². The lowest BCUT2D eigenvalue weighted by Gasteiger charge is -2.56. The van der Waals surface area contributed by atoms with Crippen molar-refractivity contribution in [2.24, 2.45) is 17.8 Å². The van der Waals surface area contributed by atoms with Crippen LogP contribution in [0.4, 0.5) is 11.4 Å². The van der Waals surface area contributed by atoms with Crippen LogP contribution in [0.25, 0.3) is 0 Å². The van der Waals surface area contributed by atoms with Gasteiger partial charge in [0.15, 0.2) is 0 Å². The highest BCUT2D eigenvalue weighted by Crippen LogP contribution is 2.58. The smallest absolute Gasteiger partial charge is 0.337 e. The quantitative estimate of drug-likeness (QED) is 0.714. The Morgan fingerprint density at radius 1 is 1.14 bits per heavy atom. The standard InChI is InChI=1S/C21H21Cl2N3O3/c22-16-2-1-14(6-15(16)20(28)29)25-17-10-24-26(19(27)18(17)23)21-7-11-3-12(8-21)5-13(4-11)9-21/h1-2,6,10-13,25H,3-5,7-9H2,(H,28,29). The van der Waals surface area contributed by atoms with Crippen LogP contribution in [0.15, 0.2) is 29.2 Å². The summed E-state index contributed by atoms with van der Waals surface area (Å²) in [5.41, 5.74) is 0.317. The van der Waals surface area contributed by atoms with Crippen molar-refractivity contribution in [1.82, 2.24) is 9.78 Å². The molecule has 29 heavy (non-hydrogen) atoms. The molecule has 0 atom stereocenters. The normalized spacial score (nSPS) is 29.8.